The van der Waals surface area contributed by atoms with E-state index in [2.05, 4.69) is 20.1 Å². The molecule has 1 unspecified atom stereocenters. The topological polar surface area (TPSA) is 98.1 Å². The molecule has 0 spiro atoms. The Labute approximate surface area is 147 Å². The van der Waals surface area contributed by atoms with E-state index >= 15 is 0 Å². The summed E-state index contributed by atoms with van der Waals surface area (Å²) in [7, 11) is -1.71. The fraction of sp³-hybridized carbons (Fsp3) is 0.500. The van der Waals surface area contributed by atoms with Crippen LogP contribution in [0.2, 0.25) is 0 Å². The minimum atomic E-state index is -3.50. The first-order chi connectivity index (χ1) is 12.0. The molecule has 1 aliphatic heterocycles. The number of nitrogens with zero attached hydrogens (tertiary/aromatic N) is 3. The third kappa shape index (κ3) is 4.77. The molecule has 1 aromatic heterocycles. The highest BCUT2D eigenvalue weighted by Crippen LogP contribution is 2.17. The predicted molar refractivity (Wildman–Crippen MR) is 92.6 cm³/mol. The molecule has 9 heteroatoms. The molecule has 1 aromatic carbocycles. The summed E-state index contributed by atoms with van der Waals surface area (Å²) >= 11 is 0. The lowest BCUT2D eigenvalue weighted by Gasteiger charge is -2.22. The van der Waals surface area contributed by atoms with Crippen molar-refractivity contribution in [2.24, 2.45) is 13.0 Å². The van der Waals surface area contributed by atoms with Crippen molar-refractivity contribution in [3.63, 3.8) is 0 Å². The Hall–Kier alpha value is -1.97. The van der Waals surface area contributed by atoms with Gasteiger partial charge in [0.15, 0.2) is 5.82 Å². The summed E-state index contributed by atoms with van der Waals surface area (Å²) in [5.74, 6) is 1.62. The lowest BCUT2D eigenvalue weighted by atomic mass is 10.0. The van der Waals surface area contributed by atoms with E-state index in [-0.39, 0.29) is 11.5 Å². The third-order valence-corrected chi connectivity index (χ3v) is 5.71. The summed E-state index contributed by atoms with van der Waals surface area (Å²) in [6, 6.07) is 6.39. The number of piperidine rings is 1. The molecular formula is C16H23N5O3S. The van der Waals surface area contributed by atoms with Crippen molar-refractivity contribution in [3.8, 4) is 5.75 Å². The van der Waals surface area contributed by atoms with Gasteiger partial charge in [-0.25, -0.2) is 18.1 Å². The number of hydrogen-bond donors (Lipinski definition) is 2. The Balaban J connectivity index is 1.55. The average Bonchev–Trinajstić information content (AvgIpc) is 3.04. The second-order valence-electron chi connectivity index (χ2n) is 6.12. The van der Waals surface area contributed by atoms with Crippen molar-refractivity contribution in [1.29, 1.82) is 0 Å². The first-order valence-corrected chi connectivity index (χ1v) is 9.79. The van der Waals surface area contributed by atoms with Gasteiger partial charge in [-0.15, -0.1) is 0 Å². The van der Waals surface area contributed by atoms with Crippen LogP contribution in [0.4, 0.5) is 0 Å². The van der Waals surface area contributed by atoms with Gasteiger partial charge in [0.1, 0.15) is 18.7 Å². The third-order valence-electron chi connectivity index (χ3n) is 4.27. The van der Waals surface area contributed by atoms with Crippen LogP contribution in [0.25, 0.3) is 0 Å². The van der Waals surface area contributed by atoms with E-state index in [1.165, 1.54) is 6.33 Å². The minimum Gasteiger partial charge on any atom is -0.486 e. The molecule has 2 heterocycles. The highest BCUT2D eigenvalue weighted by Gasteiger charge is 2.18. The van der Waals surface area contributed by atoms with Gasteiger partial charge in [0.2, 0.25) is 10.0 Å². The molecule has 3 rings (SSSR count). The van der Waals surface area contributed by atoms with Gasteiger partial charge in [-0.3, -0.25) is 4.68 Å². The fourth-order valence-electron chi connectivity index (χ4n) is 2.72. The van der Waals surface area contributed by atoms with Gasteiger partial charge in [0.05, 0.1) is 4.90 Å². The Kier molecular flexibility index (Phi) is 5.67. The Bertz CT molecular complexity index is 782. The number of rotatable bonds is 7. The summed E-state index contributed by atoms with van der Waals surface area (Å²) < 4.78 is 34.7. The predicted octanol–water partition coefficient (Wildman–Crippen LogP) is 0.672. The molecule has 25 heavy (non-hydrogen) atoms. The number of sulfonamides is 1. The highest BCUT2D eigenvalue weighted by molar-refractivity contribution is 7.89. The summed E-state index contributed by atoms with van der Waals surface area (Å²) in [5.41, 5.74) is 0. The highest BCUT2D eigenvalue weighted by atomic mass is 32.2. The number of ether oxygens (including phenoxy) is 1. The van der Waals surface area contributed by atoms with E-state index in [4.69, 9.17) is 4.74 Å². The second kappa shape index (κ2) is 7.94. The molecule has 2 aromatic rings. The smallest absolute Gasteiger partial charge is 0.240 e. The molecule has 0 bridgehead atoms. The van der Waals surface area contributed by atoms with E-state index in [1.807, 2.05) is 0 Å². The van der Waals surface area contributed by atoms with Crippen molar-refractivity contribution < 1.29 is 13.2 Å². The summed E-state index contributed by atoms with van der Waals surface area (Å²) in [6.07, 6.45) is 3.59. The number of aryl methyl sites for hydroxylation is 1. The van der Waals surface area contributed by atoms with Gasteiger partial charge in [-0.2, -0.15) is 5.10 Å². The lowest BCUT2D eigenvalue weighted by Crippen LogP contribution is -2.38. The Morgan fingerprint density at radius 3 is 2.80 bits per heavy atom. The molecular weight excluding hydrogens is 342 g/mol. The van der Waals surface area contributed by atoms with Crippen LogP contribution in [0, 0.1) is 5.92 Å². The van der Waals surface area contributed by atoms with E-state index in [0.717, 1.165) is 25.9 Å². The quantitative estimate of drug-likeness (QED) is 0.748. The average molecular weight is 365 g/mol. The van der Waals surface area contributed by atoms with Gasteiger partial charge >= 0.3 is 0 Å². The van der Waals surface area contributed by atoms with Gasteiger partial charge in [-0.05, 0) is 56.1 Å². The number of hydrogen-bond acceptors (Lipinski definition) is 6. The maximum absolute atomic E-state index is 12.4. The molecule has 0 amide bonds. The molecule has 1 atom stereocenters. The van der Waals surface area contributed by atoms with Crippen LogP contribution in [0.3, 0.4) is 0 Å². The maximum atomic E-state index is 12.4. The number of nitrogens with one attached hydrogen (secondary N) is 2. The number of benzene rings is 1. The van der Waals surface area contributed by atoms with Crippen molar-refractivity contribution in [2.45, 2.75) is 24.3 Å². The molecule has 2 N–H and O–H groups in total. The maximum Gasteiger partial charge on any atom is 0.240 e. The zero-order chi connectivity index (χ0) is 17.7. The van der Waals surface area contributed by atoms with Crippen LogP contribution in [0.5, 0.6) is 5.75 Å². The molecule has 8 nitrogen and oxygen atoms in total. The first kappa shape index (κ1) is 17.8. The molecule has 136 valence electrons. The SMILES string of the molecule is Cn1ncnc1COc1ccc(S(=O)(=O)NCC2CCCNC2)cc1. The zero-order valence-corrected chi connectivity index (χ0v) is 15.0. The van der Waals surface area contributed by atoms with Crippen LogP contribution in [0.1, 0.15) is 18.7 Å². The first-order valence-electron chi connectivity index (χ1n) is 8.31. The van der Waals surface area contributed by atoms with E-state index in [9.17, 15) is 8.42 Å². The summed E-state index contributed by atoms with van der Waals surface area (Å²) in [4.78, 5) is 4.31. The van der Waals surface area contributed by atoms with E-state index < -0.39 is 10.0 Å². The number of aromatic nitrogens is 3. The zero-order valence-electron chi connectivity index (χ0n) is 14.2. The van der Waals surface area contributed by atoms with Crippen LogP contribution in [0.15, 0.2) is 35.5 Å². The van der Waals surface area contributed by atoms with Crippen LogP contribution >= 0.6 is 0 Å². The normalized spacial score (nSPS) is 18.2. The second-order valence-corrected chi connectivity index (χ2v) is 7.89. The molecule has 1 fully saturated rings. The monoisotopic (exact) mass is 365 g/mol. The summed E-state index contributed by atoms with van der Waals surface area (Å²) in [5, 5.41) is 7.25. The van der Waals surface area contributed by atoms with Crippen LogP contribution < -0.4 is 14.8 Å². The van der Waals surface area contributed by atoms with Crippen molar-refractivity contribution >= 4 is 10.0 Å². The van der Waals surface area contributed by atoms with Gasteiger partial charge in [0.25, 0.3) is 0 Å². The standard InChI is InChI=1S/C16H23N5O3S/c1-21-16(18-12-19-21)11-24-14-4-6-15(7-5-14)25(22,23)20-10-13-3-2-8-17-9-13/h4-7,12-13,17,20H,2-3,8-11H2,1H3. The van der Waals surface area contributed by atoms with E-state index in [1.54, 1.807) is 36.0 Å². The molecule has 1 saturated heterocycles. The van der Waals surface area contributed by atoms with Gasteiger partial charge in [0, 0.05) is 13.6 Å². The Morgan fingerprint density at radius 2 is 2.16 bits per heavy atom. The lowest BCUT2D eigenvalue weighted by molar-refractivity contribution is 0.289. The fourth-order valence-corrected chi connectivity index (χ4v) is 3.84. The van der Waals surface area contributed by atoms with Crippen LogP contribution in [-0.2, 0) is 23.7 Å². The van der Waals surface area contributed by atoms with E-state index in [0.29, 0.717) is 24.0 Å². The van der Waals surface area contributed by atoms with Crippen molar-refractivity contribution in [2.75, 3.05) is 19.6 Å². The Morgan fingerprint density at radius 1 is 1.36 bits per heavy atom. The van der Waals surface area contributed by atoms with Crippen LogP contribution in [-0.4, -0.2) is 42.8 Å². The molecule has 0 aliphatic carbocycles. The molecule has 1 aliphatic rings. The van der Waals surface area contributed by atoms with Crippen molar-refractivity contribution in [3.05, 3.63) is 36.4 Å². The van der Waals surface area contributed by atoms with Gasteiger partial charge < -0.3 is 10.1 Å². The minimum absolute atomic E-state index is 0.238. The van der Waals surface area contributed by atoms with Gasteiger partial charge in [-0.1, -0.05) is 0 Å². The molecule has 0 saturated carbocycles. The molecule has 0 radical (unpaired) electrons. The summed E-state index contributed by atoms with van der Waals surface area (Å²) in [6.45, 7) is 2.60. The van der Waals surface area contributed by atoms with Crippen molar-refractivity contribution in [1.82, 2.24) is 24.8 Å². The largest absolute Gasteiger partial charge is 0.486 e.